The molecule has 0 aromatic heterocycles. The Morgan fingerprint density at radius 1 is 1.00 bits per heavy atom. The zero-order valence-electron chi connectivity index (χ0n) is 11.8. The van der Waals surface area contributed by atoms with E-state index in [-0.39, 0.29) is 0 Å². The fourth-order valence-electron chi connectivity index (χ4n) is 3.23. The maximum Gasteiger partial charge on any atom is 0.148 e. The average Bonchev–Trinajstić information content (AvgIpc) is 3.13. The molecule has 4 heteroatoms. The summed E-state index contributed by atoms with van der Waals surface area (Å²) in [4.78, 5) is 2.51. The van der Waals surface area contributed by atoms with E-state index in [2.05, 4.69) is 11.8 Å². The number of hydrogen-bond acceptors (Lipinski definition) is 3. The molecule has 0 spiro atoms. The number of sulfone groups is 1. The molecule has 2 fully saturated rings. The zero-order valence-corrected chi connectivity index (χ0v) is 12.6. The van der Waals surface area contributed by atoms with Gasteiger partial charge in [-0.25, -0.2) is 8.42 Å². The van der Waals surface area contributed by atoms with E-state index < -0.39 is 9.84 Å². The minimum Gasteiger partial charge on any atom is -0.296 e. The van der Waals surface area contributed by atoms with E-state index >= 15 is 0 Å². The smallest absolute Gasteiger partial charge is 0.148 e. The molecule has 0 amide bonds. The number of nitrogens with zero attached hydrogens (tertiary/aromatic N) is 1. The highest BCUT2D eigenvalue weighted by Crippen LogP contribution is 2.35. The summed E-state index contributed by atoms with van der Waals surface area (Å²) in [6, 6.07) is 1.34. The highest BCUT2D eigenvalue weighted by Gasteiger charge is 2.35. The molecule has 106 valence electrons. The van der Waals surface area contributed by atoms with E-state index in [0.717, 1.165) is 12.5 Å². The van der Waals surface area contributed by atoms with E-state index in [9.17, 15) is 8.42 Å². The van der Waals surface area contributed by atoms with Crippen LogP contribution in [0.1, 0.15) is 51.9 Å². The summed E-state index contributed by atoms with van der Waals surface area (Å²) >= 11 is 0. The van der Waals surface area contributed by atoms with E-state index in [1.54, 1.807) is 0 Å². The molecule has 0 heterocycles. The predicted molar refractivity (Wildman–Crippen MR) is 75.5 cm³/mol. The van der Waals surface area contributed by atoms with Crippen LogP contribution in [0.15, 0.2) is 0 Å². The molecule has 3 nitrogen and oxygen atoms in total. The first-order valence-electron chi connectivity index (χ1n) is 7.43. The van der Waals surface area contributed by atoms with Crippen molar-refractivity contribution in [1.29, 1.82) is 0 Å². The van der Waals surface area contributed by atoms with Crippen LogP contribution in [0.5, 0.6) is 0 Å². The average molecular weight is 273 g/mol. The second kappa shape index (κ2) is 5.91. The summed E-state index contributed by atoms with van der Waals surface area (Å²) in [6.07, 6.45) is 10.4. The molecule has 2 aliphatic rings. The molecule has 2 rings (SSSR count). The summed E-state index contributed by atoms with van der Waals surface area (Å²) in [7, 11) is -2.82. The van der Waals surface area contributed by atoms with Gasteiger partial charge in [0.25, 0.3) is 0 Å². The quantitative estimate of drug-likeness (QED) is 0.746. The SMILES string of the molecule is CCC1CCC(N(CCS(C)(=O)=O)C2CC2)CC1. The van der Waals surface area contributed by atoms with Crippen LogP contribution in [-0.4, -0.2) is 44.0 Å². The molecule has 0 aromatic carbocycles. The molecule has 0 saturated heterocycles. The molecule has 18 heavy (non-hydrogen) atoms. The first-order valence-corrected chi connectivity index (χ1v) is 9.49. The van der Waals surface area contributed by atoms with Gasteiger partial charge in [0.2, 0.25) is 0 Å². The van der Waals surface area contributed by atoms with E-state index in [0.29, 0.717) is 17.8 Å². The largest absolute Gasteiger partial charge is 0.296 e. The van der Waals surface area contributed by atoms with Gasteiger partial charge in [-0.2, -0.15) is 0 Å². The van der Waals surface area contributed by atoms with Gasteiger partial charge in [-0.3, -0.25) is 4.90 Å². The predicted octanol–water partition coefficient (Wildman–Crippen LogP) is 2.46. The standard InChI is InChI=1S/C14H27NO2S/c1-3-12-4-6-13(7-5-12)15(14-8-9-14)10-11-18(2,16)17/h12-14H,3-11H2,1-2H3. The van der Waals surface area contributed by atoms with Crippen LogP contribution in [0.25, 0.3) is 0 Å². The Morgan fingerprint density at radius 3 is 1.89 bits per heavy atom. The van der Waals surface area contributed by atoms with Crippen LogP contribution in [0.3, 0.4) is 0 Å². The van der Waals surface area contributed by atoms with Gasteiger partial charge in [0.1, 0.15) is 9.84 Å². The van der Waals surface area contributed by atoms with Crippen molar-refractivity contribution in [3.8, 4) is 0 Å². The van der Waals surface area contributed by atoms with Crippen molar-refractivity contribution >= 4 is 9.84 Å². The summed E-state index contributed by atoms with van der Waals surface area (Å²) in [5, 5.41) is 0. The summed E-state index contributed by atoms with van der Waals surface area (Å²) in [5.74, 6) is 1.24. The van der Waals surface area contributed by atoms with Gasteiger partial charge >= 0.3 is 0 Å². The van der Waals surface area contributed by atoms with E-state index in [4.69, 9.17) is 0 Å². The first-order chi connectivity index (χ1) is 8.49. The fraction of sp³-hybridized carbons (Fsp3) is 1.00. The maximum atomic E-state index is 11.3. The van der Waals surface area contributed by atoms with Crippen LogP contribution in [-0.2, 0) is 9.84 Å². The normalized spacial score (nSPS) is 29.7. The van der Waals surface area contributed by atoms with Gasteiger partial charge < -0.3 is 0 Å². The molecule has 0 atom stereocenters. The molecule has 2 saturated carbocycles. The molecule has 2 aliphatic carbocycles. The lowest BCUT2D eigenvalue weighted by atomic mass is 9.84. The van der Waals surface area contributed by atoms with Crippen molar-refractivity contribution in [2.24, 2.45) is 5.92 Å². The minimum atomic E-state index is -2.82. The lowest BCUT2D eigenvalue weighted by molar-refractivity contribution is 0.134. The fourth-order valence-corrected chi connectivity index (χ4v) is 3.77. The van der Waals surface area contributed by atoms with Crippen LogP contribution >= 0.6 is 0 Å². The Labute approximate surface area is 112 Å². The topological polar surface area (TPSA) is 37.4 Å². The highest BCUT2D eigenvalue weighted by molar-refractivity contribution is 7.90. The maximum absolute atomic E-state index is 11.3. The monoisotopic (exact) mass is 273 g/mol. The third-order valence-corrected chi connectivity index (χ3v) is 5.52. The summed E-state index contributed by atoms with van der Waals surface area (Å²) < 4.78 is 22.7. The second-order valence-corrected chi connectivity index (χ2v) is 8.44. The van der Waals surface area contributed by atoms with Crippen molar-refractivity contribution in [3.05, 3.63) is 0 Å². The van der Waals surface area contributed by atoms with Gasteiger partial charge in [-0.1, -0.05) is 13.3 Å². The van der Waals surface area contributed by atoms with Gasteiger partial charge in [0, 0.05) is 24.9 Å². The number of rotatable bonds is 6. The van der Waals surface area contributed by atoms with Crippen molar-refractivity contribution in [1.82, 2.24) is 4.90 Å². The molecule has 0 bridgehead atoms. The summed E-state index contributed by atoms with van der Waals surface area (Å²) in [5.41, 5.74) is 0. The van der Waals surface area contributed by atoms with Crippen LogP contribution in [0, 0.1) is 5.92 Å². The minimum absolute atomic E-state index is 0.331. The Hall–Kier alpha value is -0.0900. The van der Waals surface area contributed by atoms with Crippen LogP contribution in [0.4, 0.5) is 0 Å². The van der Waals surface area contributed by atoms with Crippen molar-refractivity contribution in [3.63, 3.8) is 0 Å². The molecule has 0 radical (unpaired) electrons. The molecular weight excluding hydrogens is 246 g/mol. The molecule has 0 aromatic rings. The lowest BCUT2D eigenvalue weighted by Gasteiger charge is -2.37. The van der Waals surface area contributed by atoms with Gasteiger partial charge in [-0.15, -0.1) is 0 Å². The molecule has 0 aliphatic heterocycles. The number of hydrogen-bond donors (Lipinski definition) is 0. The van der Waals surface area contributed by atoms with Crippen molar-refractivity contribution < 1.29 is 8.42 Å². The lowest BCUT2D eigenvalue weighted by Crippen LogP contribution is -2.42. The molecule has 0 unspecified atom stereocenters. The van der Waals surface area contributed by atoms with Crippen molar-refractivity contribution in [2.45, 2.75) is 64.0 Å². The highest BCUT2D eigenvalue weighted by atomic mass is 32.2. The Balaban J connectivity index is 1.86. The van der Waals surface area contributed by atoms with Gasteiger partial charge in [-0.05, 0) is 44.4 Å². The Bertz CT molecular complexity index is 354. The second-order valence-electron chi connectivity index (χ2n) is 6.18. The van der Waals surface area contributed by atoms with Crippen molar-refractivity contribution in [2.75, 3.05) is 18.6 Å². The van der Waals surface area contributed by atoms with Crippen LogP contribution in [0.2, 0.25) is 0 Å². The summed E-state index contributed by atoms with van der Waals surface area (Å²) in [6.45, 7) is 3.04. The molecular formula is C14H27NO2S. The van der Waals surface area contributed by atoms with Crippen LogP contribution < -0.4 is 0 Å². The van der Waals surface area contributed by atoms with E-state index in [1.165, 1.54) is 51.2 Å². The molecule has 0 N–H and O–H groups in total. The Morgan fingerprint density at radius 2 is 1.50 bits per heavy atom. The third kappa shape index (κ3) is 4.23. The van der Waals surface area contributed by atoms with Gasteiger partial charge in [0.15, 0.2) is 0 Å². The van der Waals surface area contributed by atoms with Gasteiger partial charge in [0.05, 0.1) is 5.75 Å². The Kier molecular flexibility index (Phi) is 4.70. The zero-order chi connectivity index (χ0) is 13.2. The third-order valence-electron chi connectivity index (χ3n) is 4.60. The van der Waals surface area contributed by atoms with E-state index in [1.807, 2.05) is 0 Å². The first kappa shape index (κ1) is 14.3.